The van der Waals surface area contributed by atoms with Crippen molar-refractivity contribution in [2.45, 2.75) is 27.3 Å². The van der Waals surface area contributed by atoms with Crippen molar-refractivity contribution in [3.8, 4) is 0 Å². The second-order valence-electron chi connectivity index (χ2n) is 4.33. The van der Waals surface area contributed by atoms with E-state index in [4.69, 9.17) is 0 Å². The van der Waals surface area contributed by atoms with E-state index in [1.165, 1.54) is 0 Å². The minimum atomic E-state index is 0.0132. The van der Waals surface area contributed by atoms with Crippen molar-refractivity contribution >= 4 is 17.2 Å². The smallest absolute Gasteiger partial charge is 0.255 e. The number of nitrogens with one attached hydrogen (secondary N) is 1. The van der Waals surface area contributed by atoms with Crippen molar-refractivity contribution in [3.05, 3.63) is 33.0 Å². The Morgan fingerprint density at radius 1 is 1.44 bits per heavy atom. The number of carbonyl (C=O) groups is 1. The lowest BCUT2D eigenvalue weighted by Gasteiger charge is -2.14. The maximum atomic E-state index is 12.3. The summed E-state index contributed by atoms with van der Waals surface area (Å²) in [5.41, 5.74) is 0.771. The van der Waals surface area contributed by atoms with Crippen LogP contribution in [0.5, 0.6) is 0 Å². The van der Waals surface area contributed by atoms with Crippen LogP contribution in [0.15, 0.2) is 6.07 Å². The average molecular weight is 264 g/mol. The minimum absolute atomic E-state index is 0.0132. The van der Waals surface area contributed by atoms with Gasteiger partial charge in [0.25, 0.3) is 5.91 Å². The molecule has 1 amide bonds. The molecule has 0 unspecified atom stereocenters. The first-order valence-corrected chi connectivity index (χ1v) is 6.49. The maximum Gasteiger partial charge on any atom is 0.255 e. The molecule has 0 aliphatic rings. The molecule has 0 atom stereocenters. The fraction of sp³-hybridized carbons (Fsp3) is 0.417. The molecule has 0 radical (unpaired) electrons. The zero-order chi connectivity index (χ0) is 13.3. The van der Waals surface area contributed by atoms with Crippen LogP contribution >= 0.6 is 11.3 Å². The zero-order valence-corrected chi connectivity index (χ0v) is 11.8. The monoisotopic (exact) mass is 264 g/mol. The first-order valence-electron chi connectivity index (χ1n) is 5.67. The van der Waals surface area contributed by atoms with Crippen LogP contribution < -0.4 is 0 Å². The Bertz CT molecular complexity index is 572. The van der Waals surface area contributed by atoms with E-state index in [1.54, 1.807) is 23.3 Å². The Morgan fingerprint density at radius 3 is 2.67 bits per heavy atom. The van der Waals surface area contributed by atoms with Gasteiger partial charge in [-0.15, -0.1) is 11.3 Å². The van der Waals surface area contributed by atoms with E-state index >= 15 is 0 Å². The molecular formula is C12H16N4OS. The topological polar surface area (TPSA) is 61.9 Å². The Kier molecular flexibility index (Phi) is 3.47. The number of aromatic amines is 1. The van der Waals surface area contributed by atoms with Gasteiger partial charge in [-0.3, -0.25) is 9.89 Å². The minimum Gasteiger partial charge on any atom is -0.334 e. The molecule has 2 aromatic heterocycles. The fourth-order valence-corrected chi connectivity index (χ4v) is 2.71. The summed E-state index contributed by atoms with van der Waals surface area (Å²) < 4.78 is 0. The van der Waals surface area contributed by atoms with Gasteiger partial charge in [-0.2, -0.15) is 5.10 Å². The van der Waals surface area contributed by atoms with Gasteiger partial charge in [-0.1, -0.05) is 0 Å². The molecule has 0 saturated carbocycles. The van der Waals surface area contributed by atoms with Crippen LogP contribution in [0.1, 0.15) is 31.8 Å². The van der Waals surface area contributed by atoms with Crippen molar-refractivity contribution in [2.24, 2.45) is 0 Å². The average Bonchev–Trinajstić information content (AvgIpc) is 2.84. The highest BCUT2D eigenvalue weighted by Gasteiger charge is 2.17. The summed E-state index contributed by atoms with van der Waals surface area (Å²) in [5.74, 6) is 1.40. The van der Waals surface area contributed by atoms with Crippen molar-refractivity contribution in [1.82, 2.24) is 20.1 Å². The lowest BCUT2D eigenvalue weighted by molar-refractivity contribution is 0.0781. The van der Waals surface area contributed by atoms with Crippen molar-refractivity contribution in [2.75, 3.05) is 7.05 Å². The Morgan fingerprint density at radius 2 is 2.17 bits per heavy atom. The van der Waals surface area contributed by atoms with Crippen molar-refractivity contribution in [1.29, 1.82) is 0 Å². The standard InChI is InChI=1S/C12H16N4OS/c1-7-5-10(8(2)18-7)12(17)16(4)6-11-13-9(3)14-15-11/h5H,6H2,1-4H3,(H,13,14,15). The van der Waals surface area contributed by atoms with Crippen LogP contribution in [0.2, 0.25) is 0 Å². The normalized spacial score (nSPS) is 10.7. The van der Waals surface area contributed by atoms with Crippen LogP contribution in [0.3, 0.4) is 0 Å². The molecule has 0 saturated heterocycles. The summed E-state index contributed by atoms with van der Waals surface area (Å²) in [4.78, 5) is 20.3. The lowest BCUT2D eigenvalue weighted by atomic mass is 10.2. The number of thiophene rings is 1. The summed E-state index contributed by atoms with van der Waals surface area (Å²) >= 11 is 1.64. The predicted octanol–water partition coefficient (Wildman–Crippen LogP) is 2.06. The van der Waals surface area contributed by atoms with Crippen molar-refractivity contribution in [3.63, 3.8) is 0 Å². The maximum absolute atomic E-state index is 12.3. The Labute approximate surface area is 110 Å². The van der Waals surface area contributed by atoms with Gasteiger partial charge in [0.05, 0.1) is 12.1 Å². The number of rotatable bonds is 3. The van der Waals surface area contributed by atoms with E-state index < -0.39 is 0 Å². The number of hydrogen-bond donors (Lipinski definition) is 1. The van der Waals surface area contributed by atoms with E-state index in [2.05, 4.69) is 15.2 Å². The van der Waals surface area contributed by atoms with E-state index in [9.17, 15) is 4.79 Å². The second-order valence-corrected chi connectivity index (χ2v) is 5.79. The summed E-state index contributed by atoms with van der Waals surface area (Å²) in [5, 5.41) is 6.80. The van der Waals surface area contributed by atoms with Gasteiger partial charge in [0.15, 0.2) is 5.82 Å². The van der Waals surface area contributed by atoms with E-state index in [0.29, 0.717) is 12.4 Å². The summed E-state index contributed by atoms with van der Waals surface area (Å²) in [6.45, 7) is 6.23. The third kappa shape index (κ3) is 2.59. The lowest BCUT2D eigenvalue weighted by Crippen LogP contribution is -2.26. The van der Waals surface area contributed by atoms with Crippen molar-refractivity contribution < 1.29 is 4.79 Å². The second kappa shape index (κ2) is 4.89. The molecule has 0 bridgehead atoms. The third-order valence-electron chi connectivity index (χ3n) is 2.64. The highest BCUT2D eigenvalue weighted by molar-refractivity contribution is 7.12. The summed E-state index contributed by atoms with van der Waals surface area (Å²) in [7, 11) is 1.76. The fourth-order valence-electron chi connectivity index (χ4n) is 1.79. The first-order chi connectivity index (χ1) is 8.47. The SMILES string of the molecule is Cc1nc(CN(C)C(=O)c2cc(C)sc2C)n[nH]1. The zero-order valence-electron chi connectivity index (χ0n) is 10.9. The van der Waals surface area contributed by atoms with Gasteiger partial charge in [0.1, 0.15) is 5.82 Å². The molecule has 6 heteroatoms. The predicted molar refractivity (Wildman–Crippen MR) is 70.7 cm³/mol. The highest BCUT2D eigenvalue weighted by Crippen LogP contribution is 2.22. The molecule has 96 valence electrons. The van der Waals surface area contributed by atoms with Gasteiger partial charge in [-0.25, -0.2) is 4.98 Å². The molecule has 0 aromatic carbocycles. The number of hydrogen-bond acceptors (Lipinski definition) is 4. The van der Waals surface area contributed by atoms with Crippen LogP contribution in [0.4, 0.5) is 0 Å². The van der Waals surface area contributed by atoms with E-state index in [1.807, 2.05) is 26.8 Å². The number of carbonyl (C=O) groups excluding carboxylic acids is 1. The molecule has 0 fully saturated rings. The molecule has 0 aliphatic heterocycles. The largest absolute Gasteiger partial charge is 0.334 e. The molecule has 1 N–H and O–H groups in total. The number of H-pyrrole nitrogens is 1. The first kappa shape index (κ1) is 12.8. The van der Waals surface area contributed by atoms with Crippen LogP contribution in [0.25, 0.3) is 0 Å². The molecule has 0 aliphatic carbocycles. The molecule has 18 heavy (non-hydrogen) atoms. The summed E-state index contributed by atoms with van der Waals surface area (Å²) in [6.07, 6.45) is 0. The van der Waals surface area contributed by atoms with Gasteiger partial charge >= 0.3 is 0 Å². The number of aryl methyl sites for hydroxylation is 3. The number of amides is 1. The quantitative estimate of drug-likeness (QED) is 0.923. The van der Waals surface area contributed by atoms with Gasteiger partial charge in [0, 0.05) is 16.8 Å². The third-order valence-corrected chi connectivity index (χ3v) is 3.61. The highest BCUT2D eigenvalue weighted by atomic mass is 32.1. The van der Waals surface area contributed by atoms with Gasteiger partial charge in [-0.05, 0) is 26.8 Å². The Hall–Kier alpha value is -1.69. The van der Waals surface area contributed by atoms with E-state index in [0.717, 1.165) is 21.1 Å². The summed E-state index contributed by atoms with van der Waals surface area (Å²) in [6, 6.07) is 1.93. The number of aromatic nitrogens is 3. The van der Waals surface area contributed by atoms with Crippen LogP contribution in [0, 0.1) is 20.8 Å². The molecule has 2 rings (SSSR count). The van der Waals surface area contributed by atoms with Crippen LogP contribution in [-0.2, 0) is 6.54 Å². The molecule has 5 nitrogen and oxygen atoms in total. The molecule has 2 heterocycles. The van der Waals surface area contributed by atoms with E-state index in [-0.39, 0.29) is 5.91 Å². The molecule has 2 aromatic rings. The molecular weight excluding hydrogens is 248 g/mol. The number of nitrogens with zero attached hydrogens (tertiary/aromatic N) is 3. The van der Waals surface area contributed by atoms with Crippen LogP contribution in [-0.4, -0.2) is 33.0 Å². The molecule has 0 spiro atoms. The Balaban J connectivity index is 2.11. The van der Waals surface area contributed by atoms with Gasteiger partial charge < -0.3 is 4.90 Å². The van der Waals surface area contributed by atoms with Gasteiger partial charge in [0.2, 0.25) is 0 Å².